The average Bonchev–Trinajstić information content (AvgIpc) is 2.96. The second-order valence-corrected chi connectivity index (χ2v) is 10.1. The maximum absolute atomic E-state index is 5.00. The topological polar surface area (TPSA) is 31.4 Å². The predicted molar refractivity (Wildman–Crippen MR) is 132 cm³/mol. The Morgan fingerprint density at radius 2 is 1.66 bits per heavy atom. The predicted octanol–water partition coefficient (Wildman–Crippen LogP) is 4.90. The second-order valence-electron chi connectivity index (χ2n) is 10.1. The molecular weight excluding hydrogens is 392 g/mol. The molecule has 170 valence electrons. The van der Waals surface area contributed by atoms with Gasteiger partial charge in [-0.3, -0.25) is 9.88 Å². The largest absolute Gasteiger partial charge is 0.370 e. The summed E-state index contributed by atoms with van der Waals surface area (Å²) >= 11 is 0. The first kappa shape index (κ1) is 21.5. The van der Waals surface area contributed by atoms with Gasteiger partial charge in [0.05, 0.1) is 17.6 Å². The molecule has 2 fully saturated rings. The van der Waals surface area contributed by atoms with Crippen molar-refractivity contribution in [1.82, 2.24) is 20.1 Å². The standard InChI is InChI=1S/C28H38N4/c1-20-9-12-26-23(17-20)10-11-24-18-21(2)19-29-27(24)28(26)32-15-13-31(14-16-32)22(3)30-25-7-5-4-6-8-25/h9,12,17-19,25,28,30H,3-8,10-11,13-16H2,1-2H3. The van der Waals surface area contributed by atoms with E-state index < -0.39 is 0 Å². The van der Waals surface area contributed by atoms with E-state index in [0.717, 1.165) is 44.8 Å². The Balaban J connectivity index is 1.35. The van der Waals surface area contributed by atoms with Crippen LogP contribution in [0.5, 0.6) is 0 Å². The number of piperazine rings is 1. The Bertz CT molecular complexity index is 914. The van der Waals surface area contributed by atoms with Gasteiger partial charge in [0.15, 0.2) is 0 Å². The number of aromatic nitrogens is 1. The van der Waals surface area contributed by atoms with Crippen molar-refractivity contribution in [1.29, 1.82) is 0 Å². The molecule has 1 unspecified atom stereocenters. The monoisotopic (exact) mass is 430 g/mol. The lowest BCUT2D eigenvalue weighted by Gasteiger charge is -2.42. The van der Waals surface area contributed by atoms with E-state index in [1.807, 2.05) is 0 Å². The summed E-state index contributed by atoms with van der Waals surface area (Å²) < 4.78 is 0. The van der Waals surface area contributed by atoms with E-state index >= 15 is 0 Å². The lowest BCUT2D eigenvalue weighted by atomic mass is 9.94. The molecule has 1 saturated carbocycles. The summed E-state index contributed by atoms with van der Waals surface area (Å²) in [7, 11) is 0. The molecule has 0 radical (unpaired) electrons. The van der Waals surface area contributed by atoms with Crippen molar-refractivity contribution < 1.29 is 0 Å². The summed E-state index contributed by atoms with van der Waals surface area (Å²) in [5.41, 5.74) is 8.27. The van der Waals surface area contributed by atoms with E-state index in [9.17, 15) is 0 Å². The van der Waals surface area contributed by atoms with Gasteiger partial charge in [0.25, 0.3) is 0 Å². The Morgan fingerprint density at radius 3 is 2.44 bits per heavy atom. The van der Waals surface area contributed by atoms with Crippen molar-refractivity contribution in [3.05, 3.63) is 76.4 Å². The second kappa shape index (κ2) is 9.27. The van der Waals surface area contributed by atoms with Gasteiger partial charge >= 0.3 is 0 Å². The SMILES string of the molecule is C=C(NC1CCCCC1)N1CCN(C2c3ccc(C)cc3CCc3cc(C)cnc32)CC1. The number of benzene rings is 1. The highest BCUT2D eigenvalue weighted by molar-refractivity contribution is 5.44. The van der Waals surface area contributed by atoms with Crippen LogP contribution in [0.2, 0.25) is 0 Å². The van der Waals surface area contributed by atoms with Crippen molar-refractivity contribution in [3.63, 3.8) is 0 Å². The number of nitrogens with one attached hydrogen (secondary N) is 1. The van der Waals surface area contributed by atoms with Gasteiger partial charge in [0.2, 0.25) is 0 Å². The van der Waals surface area contributed by atoms with Gasteiger partial charge in [-0.25, -0.2) is 0 Å². The van der Waals surface area contributed by atoms with Crippen molar-refractivity contribution in [3.8, 4) is 0 Å². The van der Waals surface area contributed by atoms with E-state index in [4.69, 9.17) is 4.98 Å². The Morgan fingerprint density at radius 1 is 0.938 bits per heavy atom. The molecule has 1 N–H and O–H groups in total. The highest BCUT2D eigenvalue weighted by Gasteiger charge is 2.32. The summed E-state index contributed by atoms with van der Waals surface area (Å²) in [5.74, 6) is 1.13. The van der Waals surface area contributed by atoms with E-state index in [2.05, 4.69) is 66.0 Å². The Kier molecular flexibility index (Phi) is 6.23. The number of fused-ring (bicyclic) bond motifs is 2. The number of hydrogen-bond acceptors (Lipinski definition) is 4. The summed E-state index contributed by atoms with van der Waals surface area (Å²) in [4.78, 5) is 10.1. The van der Waals surface area contributed by atoms with Crippen LogP contribution in [0.3, 0.4) is 0 Å². The molecule has 1 saturated heterocycles. The van der Waals surface area contributed by atoms with Crippen molar-refractivity contribution >= 4 is 0 Å². The fourth-order valence-corrected chi connectivity index (χ4v) is 5.91. The molecule has 0 spiro atoms. The van der Waals surface area contributed by atoms with Crippen LogP contribution >= 0.6 is 0 Å². The van der Waals surface area contributed by atoms with Crippen molar-refractivity contribution in [2.45, 2.75) is 70.9 Å². The van der Waals surface area contributed by atoms with Crippen LogP contribution in [0.25, 0.3) is 0 Å². The zero-order valence-electron chi connectivity index (χ0n) is 19.9. The lowest BCUT2D eigenvalue weighted by molar-refractivity contribution is 0.122. The van der Waals surface area contributed by atoms with Gasteiger partial charge in [0, 0.05) is 38.4 Å². The molecule has 1 atom stereocenters. The highest BCUT2D eigenvalue weighted by atomic mass is 15.3. The Hall–Kier alpha value is -2.33. The van der Waals surface area contributed by atoms with Crippen molar-refractivity contribution in [2.24, 2.45) is 0 Å². The molecule has 2 aliphatic carbocycles. The minimum atomic E-state index is 0.255. The third-order valence-corrected chi connectivity index (χ3v) is 7.69. The number of pyridine rings is 1. The van der Waals surface area contributed by atoms with Crippen molar-refractivity contribution in [2.75, 3.05) is 26.2 Å². The quantitative estimate of drug-likeness (QED) is 0.748. The summed E-state index contributed by atoms with van der Waals surface area (Å²) in [5, 5.41) is 3.74. The molecule has 4 heteroatoms. The highest BCUT2D eigenvalue weighted by Crippen LogP contribution is 2.37. The summed E-state index contributed by atoms with van der Waals surface area (Å²) in [6, 6.07) is 10.3. The number of rotatable bonds is 4. The maximum Gasteiger partial charge on any atom is 0.0941 e. The van der Waals surface area contributed by atoms with Gasteiger partial charge in [-0.2, -0.15) is 0 Å². The molecule has 5 rings (SSSR count). The molecule has 2 aromatic rings. The zero-order chi connectivity index (χ0) is 22.1. The molecule has 1 aliphatic heterocycles. The number of nitrogens with zero attached hydrogens (tertiary/aromatic N) is 3. The van der Waals surface area contributed by atoms with Gasteiger partial charge in [0.1, 0.15) is 0 Å². The minimum absolute atomic E-state index is 0.255. The van der Waals surface area contributed by atoms with Crippen LogP contribution in [0.4, 0.5) is 0 Å². The van der Waals surface area contributed by atoms with Crippen LogP contribution in [-0.4, -0.2) is 47.0 Å². The maximum atomic E-state index is 5.00. The Labute approximate surface area is 193 Å². The minimum Gasteiger partial charge on any atom is -0.370 e. The van der Waals surface area contributed by atoms with Gasteiger partial charge < -0.3 is 10.2 Å². The molecule has 4 nitrogen and oxygen atoms in total. The lowest BCUT2D eigenvalue weighted by Crippen LogP contribution is -2.50. The van der Waals surface area contributed by atoms with E-state index in [1.54, 1.807) is 0 Å². The van der Waals surface area contributed by atoms with Crippen LogP contribution in [-0.2, 0) is 12.8 Å². The van der Waals surface area contributed by atoms with Crippen LogP contribution in [0, 0.1) is 13.8 Å². The van der Waals surface area contributed by atoms with E-state index in [0.29, 0.717) is 6.04 Å². The van der Waals surface area contributed by atoms with E-state index in [1.165, 1.54) is 65.6 Å². The van der Waals surface area contributed by atoms with E-state index in [-0.39, 0.29) is 6.04 Å². The normalized spacial score (nSPS) is 22.1. The average molecular weight is 431 g/mol. The van der Waals surface area contributed by atoms with Gasteiger partial charge in [-0.15, -0.1) is 0 Å². The first-order chi connectivity index (χ1) is 15.6. The molecule has 3 aliphatic rings. The fraction of sp³-hybridized carbons (Fsp3) is 0.536. The molecule has 0 amide bonds. The molecule has 1 aromatic carbocycles. The molecule has 1 aromatic heterocycles. The number of aryl methyl sites for hydroxylation is 4. The van der Waals surface area contributed by atoms with Gasteiger partial charge in [-0.1, -0.05) is 55.7 Å². The van der Waals surface area contributed by atoms with Crippen LogP contribution in [0.15, 0.2) is 42.9 Å². The van der Waals surface area contributed by atoms with Gasteiger partial charge in [-0.05, 0) is 61.8 Å². The molecular formula is C28H38N4. The smallest absolute Gasteiger partial charge is 0.0941 e. The fourth-order valence-electron chi connectivity index (χ4n) is 5.91. The zero-order valence-corrected chi connectivity index (χ0v) is 19.9. The first-order valence-electron chi connectivity index (χ1n) is 12.6. The third-order valence-electron chi connectivity index (χ3n) is 7.69. The molecule has 2 heterocycles. The third kappa shape index (κ3) is 4.43. The molecule has 0 bridgehead atoms. The summed E-state index contributed by atoms with van der Waals surface area (Å²) in [6.07, 6.45) is 10.9. The molecule has 32 heavy (non-hydrogen) atoms. The van der Waals surface area contributed by atoms with Crippen LogP contribution in [0.1, 0.15) is 71.7 Å². The van der Waals surface area contributed by atoms with Crippen LogP contribution < -0.4 is 5.32 Å². The number of hydrogen-bond donors (Lipinski definition) is 1. The first-order valence-corrected chi connectivity index (χ1v) is 12.6. The summed E-state index contributed by atoms with van der Waals surface area (Å²) in [6.45, 7) is 12.9.